The van der Waals surface area contributed by atoms with Crippen LogP contribution in [0.1, 0.15) is 18.9 Å². The molecule has 0 spiro atoms. The number of nitrogens with zero attached hydrogens (tertiary/aromatic N) is 1. The van der Waals surface area contributed by atoms with Crippen molar-refractivity contribution in [3.05, 3.63) is 29.6 Å². The van der Waals surface area contributed by atoms with Crippen LogP contribution < -0.4 is 4.74 Å². The number of oxime groups is 1. The number of benzene rings is 1. The van der Waals surface area contributed by atoms with Crippen LogP contribution in [0, 0.1) is 5.82 Å². The van der Waals surface area contributed by atoms with Crippen molar-refractivity contribution >= 4 is 5.71 Å². The molecule has 0 radical (unpaired) electrons. The Morgan fingerprint density at radius 3 is 2.61 bits per heavy atom. The Labute approximate surface area is 101 Å². The first-order valence-electron chi connectivity index (χ1n) is 5.01. The minimum atomic E-state index is -4.32. The molecule has 18 heavy (non-hydrogen) atoms. The second-order valence-corrected chi connectivity index (χ2v) is 3.54. The third-order valence-corrected chi connectivity index (χ3v) is 2.12. The first-order valence-corrected chi connectivity index (χ1v) is 5.01. The molecule has 0 unspecified atom stereocenters. The normalized spacial score (nSPS) is 12.6. The highest BCUT2D eigenvalue weighted by Gasteiger charge is 2.27. The highest BCUT2D eigenvalue weighted by atomic mass is 19.4. The maximum absolute atomic E-state index is 13.0. The van der Waals surface area contributed by atoms with Crippen molar-refractivity contribution < 1.29 is 27.5 Å². The smallest absolute Gasteiger partial charge is 0.392 e. The van der Waals surface area contributed by atoms with E-state index in [4.69, 9.17) is 9.94 Å². The molecular weight excluding hydrogens is 254 g/mol. The lowest BCUT2D eigenvalue weighted by atomic mass is 10.1. The summed E-state index contributed by atoms with van der Waals surface area (Å²) in [4.78, 5) is 0. The summed E-state index contributed by atoms with van der Waals surface area (Å²) in [5, 5.41) is 11.5. The SMILES string of the molecule is CC(=NO)c1cc(F)ccc1OCCC(F)(F)F. The molecule has 0 aliphatic carbocycles. The van der Waals surface area contributed by atoms with Gasteiger partial charge >= 0.3 is 6.18 Å². The van der Waals surface area contributed by atoms with E-state index in [2.05, 4.69) is 5.16 Å². The molecule has 100 valence electrons. The van der Waals surface area contributed by atoms with Crippen LogP contribution in [0.5, 0.6) is 5.75 Å². The van der Waals surface area contributed by atoms with E-state index in [9.17, 15) is 17.6 Å². The van der Waals surface area contributed by atoms with Crippen LogP contribution in [0.25, 0.3) is 0 Å². The van der Waals surface area contributed by atoms with Crippen molar-refractivity contribution in [2.45, 2.75) is 19.5 Å². The van der Waals surface area contributed by atoms with E-state index in [0.717, 1.165) is 12.1 Å². The molecule has 1 aromatic carbocycles. The molecule has 3 nitrogen and oxygen atoms in total. The van der Waals surface area contributed by atoms with Crippen LogP contribution in [0.4, 0.5) is 17.6 Å². The monoisotopic (exact) mass is 265 g/mol. The fourth-order valence-corrected chi connectivity index (χ4v) is 1.24. The Morgan fingerprint density at radius 2 is 2.06 bits per heavy atom. The fraction of sp³-hybridized carbons (Fsp3) is 0.364. The van der Waals surface area contributed by atoms with Crippen molar-refractivity contribution in [1.29, 1.82) is 0 Å². The topological polar surface area (TPSA) is 41.8 Å². The first-order chi connectivity index (χ1) is 8.33. The van der Waals surface area contributed by atoms with Crippen LogP contribution >= 0.6 is 0 Å². The summed E-state index contributed by atoms with van der Waals surface area (Å²) >= 11 is 0. The predicted octanol–water partition coefficient (Wildman–Crippen LogP) is 3.36. The zero-order chi connectivity index (χ0) is 13.8. The van der Waals surface area contributed by atoms with E-state index in [1.807, 2.05) is 0 Å². The van der Waals surface area contributed by atoms with Crippen LogP contribution in [0.3, 0.4) is 0 Å². The van der Waals surface area contributed by atoms with Crippen molar-refractivity contribution in [1.82, 2.24) is 0 Å². The maximum Gasteiger partial charge on any atom is 0.392 e. The summed E-state index contributed by atoms with van der Waals surface area (Å²) in [6.07, 6.45) is -5.43. The Balaban J connectivity index is 2.82. The number of ether oxygens (including phenoxy) is 1. The third kappa shape index (κ3) is 4.23. The van der Waals surface area contributed by atoms with E-state index in [1.165, 1.54) is 13.0 Å². The molecule has 0 aliphatic heterocycles. The van der Waals surface area contributed by atoms with E-state index in [0.29, 0.717) is 0 Å². The Morgan fingerprint density at radius 1 is 1.39 bits per heavy atom. The first kappa shape index (κ1) is 14.3. The molecule has 0 bridgehead atoms. The molecule has 0 fully saturated rings. The second-order valence-electron chi connectivity index (χ2n) is 3.54. The van der Waals surface area contributed by atoms with Gasteiger partial charge in [-0.3, -0.25) is 0 Å². The average Bonchev–Trinajstić information content (AvgIpc) is 2.28. The quantitative estimate of drug-likeness (QED) is 0.392. The molecule has 0 heterocycles. The molecule has 0 aliphatic rings. The van der Waals surface area contributed by atoms with Gasteiger partial charge in [0.25, 0.3) is 0 Å². The zero-order valence-corrected chi connectivity index (χ0v) is 9.46. The second kappa shape index (κ2) is 5.70. The summed E-state index contributed by atoms with van der Waals surface area (Å²) in [5.41, 5.74) is 0.163. The van der Waals surface area contributed by atoms with Gasteiger partial charge in [-0.05, 0) is 25.1 Å². The molecule has 0 saturated carbocycles. The van der Waals surface area contributed by atoms with Crippen LogP contribution in [-0.2, 0) is 0 Å². The van der Waals surface area contributed by atoms with Gasteiger partial charge in [-0.1, -0.05) is 5.16 Å². The van der Waals surface area contributed by atoms with Crippen molar-refractivity contribution in [3.8, 4) is 5.75 Å². The highest BCUT2D eigenvalue weighted by molar-refractivity contribution is 6.00. The molecule has 1 rings (SSSR count). The molecule has 0 atom stereocenters. The van der Waals surface area contributed by atoms with Gasteiger partial charge in [-0.25, -0.2) is 4.39 Å². The lowest BCUT2D eigenvalue weighted by Crippen LogP contribution is -2.14. The lowest BCUT2D eigenvalue weighted by Gasteiger charge is -2.12. The standard InChI is InChI=1S/C11H11F4NO2/c1-7(16-17)9-6-8(12)2-3-10(9)18-5-4-11(13,14)15/h2-3,6,17H,4-5H2,1H3. The molecule has 0 saturated heterocycles. The van der Waals surface area contributed by atoms with Crippen LogP contribution in [0.15, 0.2) is 23.4 Å². The average molecular weight is 265 g/mol. The fourth-order valence-electron chi connectivity index (χ4n) is 1.24. The maximum atomic E-state index is 13.0. The van der Waals surface area contributed by atoms with Gasteiger partial charge in [0, 0.05) is 5.56 Å². The third-order valence-electron chi connectivity index (χ3n) is 2.12. The summed E-state index contributed by atoms with van der Waals surface area (Å²) in [5.74, 6) is -0.563. The van der Waals surface area contributed by atoms with Gasteiger partial charge in [0.2, 0.25) is 0 Å². The zero-order valence-electron chi connectivity index (χ0n) is 9.46. The van der Waals surface area contributed by atoms with Gasteiger partial charge in [0.05, 0.1) is 18.7 Å². The summed E-state index contributed by atoms with van der Waals surface area (Å²) in [6, 6.07) is 3.27. The summed E-state index contributed by atoms with van der Waals surface area (Å²) in [7, 11) is 0. The molecule has 0 amide bonds. The Kier molecular flexibility index (Phi) is 4.52. The molecule has 0 aromatic heterocycles. The Bertz CT molecular complexity index is 443. The minimum Gasteiger partial charge on any atom is -0.493 e. The molecule has 1 N–H and O–H groups in total. The summed E-state index contributed by atoms with van der Waals surface area (Å²) in [6.45, 7) is 0.798. The molecule has 1 aromatic rings. The number of hydrogen-bond donors (Lipinski definition) is 1. The molecular formula is C11H11F4NO2. The van der Waals surface area contributed by atoms with E-state index < -0.39 is 25.0 Å². The van der Waals surface area contributed by atoms with Gasteiger partial charge in [-0.2, -0.15) is 13.2 Å². The minimum absolute atomic E-state index is 0.0379. The predicted molar refractivity (Wildman–Crippen MR) is 56.6 cm³/mol. The number of alkyl halides is 3. The lowest BCUT2D eigenvalue weighted by molar-refractivity contribution is -0.139. The van der Waals surface area contributed by atoms with Gasteiger partial charge in [0.1, 0.15) is 11.6 Å². The van der Waals surface area contributed by atoms with E-state index in [1.54, 1.807) is 0 Å². The van der Waals surface area contributed by atoms with Gasteiger partial charge < -0.3 is 9.94 Å². The van der Waals surface area contributed by atoms with Crippen molar-refractivity contribution in [2.24, 2.45) is 5.16 Å². The van der Waals surface area contributed by atoms with E-state index in [-0.39, 0.29) is 17.0 Å². The number of halogens is 4. The van der Waals surface area contributed by atoms with Gasteiger partial charge in [0.15, 0.2) is 0 Å². The summed E-state index contributed by atoms with van der Waals surface area (Å²) < 4.78 is 53.7. The van der Waals surface area contributed by atoms with Crippen molar-refractivity contribution in [2.75, 3.05) is 6.61 Å². The number of hydrogen-bond acceptors (Lipinski definition) is 3. The molecule has 7 heteroatoms. The van der Waals surface area contributed by atoms with Gasteiger partial charge in [-0.15, -0.1) is 0 Å². The Hall–Kier alpha value is -1.79. The largest absolute Gasteiger partial charge is 0.493 e. The van der Waals surface area contributed by atoms with Crippen molar-refractivity contribution in [3.63, 3.8) is 0 Å². The number of rotatable bonds is 4. The van der Waals surface area contributed by atoms with E-state index >= 15 is 0 Å². The van der Waals surface area contributed by atoms with Crippen LogP contribution in [0.2, 0.25) is 0 Å². The van der Waals surface area contributed by atoms with Crippen LogP contribution in [-0.4, -0.2) is 23.7 Å². The highest BCUT2D eigenvalue weighted by Crippen LogP contribution is 2.23.